The summed E-state index contributed by atoms with van der Waals surface area (Å²) in [4.78, 5) is 4.13. The lowest BCUT2D eigenvalue weighted by molar-refractivity contribution is -0.250. The van der Waals surface area contributed by atoms with Gasteiger partial charge in [0.25, 0.3) is 0 Å². The number of aryl methyl sites for hydroxylation is 1. The van der Waals surface area contributed by atoms with Gasteiger partial charge < -0.3 is 36.0 Å². The van der Waals surface area contributed by atoms with E-state index in [0.717, 1.165) is 27.5 Å². The van der Waals surface area contributed by atoms with Crippen molar-refractivity contribution in [3.05, 3.63) is 59.8 Å². The third-order valence-electron chi connectivity index (χ3n) is 5.98. The van der Waals surface area contributed by atoms with Crippen molar-refractivity contribution in [1.82, 2.24) is 4.98 Å². The van der Waals surface area contributed by atoms with Crippen molar-refractivity contribution in [2.24, 2.45) is 0 Å². The zero-order valence-corrected chi connectivity index (χ0v) is 17.0. The van der Waals surface area contributed by atoms with E-state index < -0.39 is 43.2 Å². The van der Waals surface area contributed by atoms with Gasteiger partial charge in [-0.05, 0) is 40.6 Å². The van der Waals surface area contributed by atoms with Gasteiger partial charge in [-0.1, -0.05) is 36.4 Å². The van der Waals surface area contributed by atoms with E-state index >= 15 is 0 Å². The minimum Gasteiger partial charge on any atom is -0.394 e. The normalized spacial score (nSPS) is 27.4. The Kier molecular flexibility index (Phi) is 5.94. The van der Waals surface area contributed by atoms with E-state index in [0.29, 0.717) is 11.4 Å². The summed E-state index contributed by atoms with van der Waals surface area (Å²) in [5.74, 6) is 0.450. The van der Waals surface area contributed by atoms with Gasteiger partial charge in [-0.15, -0.1) is 0 Å². The molecular weight excluding hydrogens is 400 g/mol. The number of hydrogen-bond acceptors (Lipinski definition) is 8. The number of pyridine rings is 1. The third-order valence-corrected chi connectivity index (χ3v) is 5.98. The molecule has 1 fully saturated rings. The van der Waals surface area contributed by atoms with Crippen LogP contribution in [0.25, 0.3) is 21.9 Å². The Morgan fingerprint density at radius 3 is 2.52 bits per heavy atom. The molecule has 0 bridgehead atoms. The van der Waals surface area contributed by atoms with Crippen LogP contribution in [0.3, 0.4) is 0 Å². The summed E-state index contributed by atoms with van der Waals surface area (Å²) in [6.45, 7) is 1.28. The van der Waals surface area contributed by atoms with Crippen LogP contribution in [0, 0.1) is 6.92 Å². The molecule has 4 rings (SSSR count). The van der Waals surface area contributed by atoms with Gasteiger partial charge in [0.05, 0.1) is 6.61 Å². The standard InChI is InChI=1S/C23H26N2O6/c1-11-9-12(14-3-2-4-16-15(14)7-8-25-23(16)24)5-6-13(11)18(27)22-21(30)20(29)19(28)17(10-26)31-22/h2-9,17-22,26-30H,10H2,1H3,(H2,24,25)/t17?,18-,19-,20?,21?,22-/m1/s1. The maximum atomic E-state index is 10.9. The maximum absolute atomic E-state index is 10.9. The van der Waals surface area contributed by atoms with Crippen molar-refractivity contribution in [1.29, 1.82) is 0 Å². The second kappa shape index (κ2) is 8.51. The predicted octanol–water partition coefficient (Wildman–Crippen LogP) is 0.668. The van der Waals surface area contributed by atoms with Gasteiger partial charge in [0.15, 0.2) is 0 Å². The Morgan fingerprint density at radius 1 is 1.03 bits per heavy atom. The SMILES string of the molecule is Cc1cc(-c2cccc3c(N)nccc23)ccc1[C@@H](O)[C@H]1OC(CO)[C@@H](O)C(O)C1O. The van der Waals surface area contributed by atoms with Crippen LogP contribution < -0.4 is 5.73 Å². The monoisotopic (exact) mass is 426 g/mol. The second-order valence-corrected chi connectivity index (χ2v) is 7.91. The maximum Gasteiger partial charge on any atom is 0.131 e. The molecule has 0 saturated carbocycles. The molecule has 3 aromatic rings. The Balaban J connectivity index is 1.68. The molecule has 2 aromatic carbocycles. The van der Waals surface area contributed by atoms with Gasteiger partial charge in [0, 0.05) is 11.6 Å². The molecule has 31 heavy (non-hydrogen) atoms. The summed E-state index contributed by atoms with van der Waals surface area (Å²) in [7, 11) is 0. The summed E-state index contributed by atoms with van der Waals surface area (Å²) < 4.78 is 5.51. The number of rotatable bonds is 4. The van der Waals surface area contributed by atoms with Crippen LogP contribution in [-0.4, -0.2) is 67.6 Å². The molecule has 1 aliphatic rings. The highest BCUT2D eigenvalue weighted by atomic mass is 16.6. The van der Waals surface area contributed by atoms with Crippen LogP contribution in [0.4, 0.5) is 5.82 Å². The Bertz CT molecular complexity index is 1090. The molecule has 7 N–H and O–H groups in total. The number of nitrogens with zero attached hydrogens (tertiary/aromatic N) is 1. The molecule has 3 unspecified atom stereocenters. The average molecular weight is 426 g/mol. The second-order valence-electron chi connectivity index (χ2n) is 7.91. The number of aliphatic hydroxyl groups is 5. The fourth-order valence-electron chi connectivity index (χ4n) is 4.22. The van der Waals surface area contributed by atoms with Crippen molar-refractivity contribution in [3.8, 4) is 11.1 Å². The molecule has 2 heterocycles. The number of aliphatic hydroxyl groups excluding tert-OH is 5. The third kappa shape index (κ3) is 3.78. The zero-order chi connectivity index (χ0) is 22.3. The first-order valence-corrected chi connectivity index (χ1v) is 10.1. The number of fused-ring (bicyclic) bond motifs is 1. The van der Waals surface area contributed by atoms with E-state index in [-0.39, 0.29) is 0 Å². The molecule has 0 spiro atoms. The van der Waals surface area contributed by atoms with E-state index in [9.17, 15) is 25.5 Å². The van der Waals surface area contributed by atoms with Crippen LogP contribution in [0.2, 0.25) is 0 Å². The summed E-state index contributed by atoms with van der Waals surface area (Å²) in [5.41, 5.74) is 9.13. The molecule has 0 aliphatic carbocycles. The lowest BCUT2D eigenvalue weighted by Crippen LogP contribution is -2.59. The molecule has 0 amide bonds. The van der Waals surface area contributed by atoms with E-state index in [1.54, 1.807) is 12.3 Å². The first-order chi connectivity index (χ1) is 14.8. The minimum atomic E-state index is -1.54. The quantitative estimate of drug-likeness (QED) is 0.356. The molecular formula is C23H26N2O6. The number of aromatic nitrogens is 1. The fourth-order valence-corrected chi connectivity index (χ4v) is 4.22. The number of benzene rings is 2. The Hall–Kier alpha value is -2.59. The zero-order valence-electron chi connectivity index (χ0n) is 17.0. The van der Waals surface area contributed by atoms with Crippen LogP contribution >= 0.6 is 0 Å². The highest BCUT2D eigenvalue weighted by Crippen LogP contribution is 2.35. The molecule has 8 heteroatoms. The lowest BCUT2D eigenvalue weighted by Gasteiger charge is -2.42. The van der Waals surface area contributed by atoms with Crippen LogP contribution in [0.5, 0.6) is 0 Å². The van der Waals surface area contributed by atoms with Crippen LogP contribution in [-0.2, 0) is 4.74 Å². The van der Waals surface area contributed by atoms with E-state index in [2.05, 4.69) is 4.98 Å². The lowest BCUT2D eigenvalue weighted by atomic mass is 9.87. The van der Waals surface area contributed by atoms with Crippen molar-refractivity contribution in [2.75, 3.05) is 12.3 Å². The van der Waals surface area contributed by atoms with E-state index in [1.165, 1.54) is 0 Å². The number of nitrogens with two attached hydrogens (primary N) is 1. The Labute approximate surface area is 179 Å². The fraction of sp³-hybridized carbons (Fsp3) is 0.348. The Morgan fingerprint density at radius 2 is 1.81 bits per heavy atom. The molecule has 6 atom stereocenters. The van der Waals surface area contributed by atoms with E-state index in [1.807, 2.05) is 43.3 Å². The predicted molar refractivity (Wildman–Crippen MR) is 115 cm³/mol. The molecule has 164 valence electrons. The van der Waals surface area contributed by atoms with Crippen molar-refractivity contribution >= 4 is 16.6 Å². The molecule has 1 aromatic heterocycles. The van der Waals surface area contributed by atoms with Crippen molar-refractivity contribution in [2.45, 2.75) is 43.5 Å². The highest BCUT2D eigenvalue weighted by Gasteiger charge is 2.46. The number of ether oxygens (including phenoxy) is 1. The topological polar surface area (TPSA) is 149 Å². The van der Waals surface area contributed by atoms with Gasteiger partial charge in [-0.25, -0.2) is 4.98 Å². The first kappa shape index (κ1) is 21.6. The van der Waals surface area contributed by atoms with Crippen LogP contribution in [0.1, 0.15) is 17.2 Å². The largest absolute Gasteiger partial charge is 0.394 e. The minimum absolute atomic E-state index is 0.450. The van der Waals surface area contributed by atoms with Gasteiger partial charge in [-0.3, -0.25) is 0 Å². The highest BCUT2D eigenvalue weighted by molar-refractivity contribution is 6.01. The van der Waals surface area contributed by atoms with Crippen molar-refractivity contribution in [3.63, 3.8) is 0 Å². The molecule has 8 nitrogen and oxygen atoms in total. The molecule has 1 saturated heterocycles. The van der Waals surface area contributed by atoms with Crippen molar-refractivity contribution < 1.29 is 30.3 Å². The first-order valence-electron chi connectivity index (χ1n) is 10.1. The number of nitrogen functional groups attached to an aromatic ring is 1. The van der Waals surface area contributed by atoms with Crippen LogP contribution in [0.15, 0.2) is 48.7 Å². The van der Waals surface area contributed by atoms with Gasteiger partial charge in [0.2, 0.25) is 0 Å². The summed E-state index contributed by atoms with van der Waals surface area (Å²) >= 11 is 0. The number of hydrogen-bond donors (Lipinski definition) is 6. The molecule has 1 aliphatic heterocycles. The van der Waals surface area contributed by atoms with Gasteiger partial charge in [-0.2, -0.15) is 0 Å². The average Bonchev–Trinajstić information content (AvgIpc) is 2.77. The van der Waals surface area contributed by atoms with Gasteiger partial charge in [0.1, 0.15) is 42.4 Å². The smallest absolute Gasteiger partial charge is 0.131 e. The summed E-state index contributed by atoms with van der Waals surface area (Å²) in [6, 6.07) is 13.2. The van der Waals surface area contributed by atoms with Gasteiger partial charge >= 0.3 is 0 Å². The van der Waals surface area contributed by atoms with E-state index in [4.69, 9.17) is 10.5 Å². The summed E-state index contributed by atoms with van der Waals surface area (Å²) in [5, 5.41) is 52.4. The number of anilines is 1. The molecule has 0 radical (unpaired) electrons. The summed E-state index contributed by atoms with van der Waals surface area (Å²) in [6.07, 6.45) is -6.42.